The standard InChI is InChI=1S/C36H37FN4O5/c1-36(2,3)46-35(44)40-13-10-22(11-14-40)29-19-26-25(9-12-38-33(26)39-29)24-5-4-6-30(27(24)20-42)41-15-16-45-31-18-23(21-7-8-21)17-28(37)32(31)34(41)43/h4-6,9-10,12,17-19,21,42H,7-8,11,13-16,20H2,1-3H3,(H,38,39). The van der Waals surface area contributed by atoms with Crippen molar-refractivity contribution in [3.05, 3.63) is 82.9 Å². The Balaban J connectivity index is 1.21. The first-order valence-corrected chi connectivity index (χ1v) is 15.8. The van der Waals surface area contributed by atoms with Crippen LogP contribution < -0.4 is 9.64 Å². The number of hydrogen-bond donors (Lipinski definition) is 2. The number of aromatic amines is 1. The van der Waals surface area contributed by atoms with Crippen LogP contribution in [0.2, 0.25) is 0 Å². The molecule has 1 saturated carbocycles. The van der Waals surface area contributed by atoms with Crippen molar-refractivity contribution in [3.63, 3.8) is 0 Å². The van der Waals surface area contributed by atoms with Crippen molar-refractivity contribution in [2.24, 2.45) is 0 Å². The lowest BCUT2D eigenvalue weighted by molar-refractivity contribution is 0.0270. The summed E-state index contributed by atoms with van der Waals surface area (Å²) in [6.45, 7) is 6.60. The van der Waals surface area contributed by atoms with Crippen molar-refractivity contribution in [1.82, 2.24) is 14.9 Å². The van der Waals surface area contributed by atoms with E-state index in [9.17, 15) is 14.7 Å². The average molecular weight is 625 g/mol. The van der Waals surface area contributed by atoms with E-state index in [4.69, 9.17) is 9.47 Å². The summed E-state index contributed by atoms with van der Waals surface area (Å²) in [6.07, 6.45) is 6.08. The number of aliphatic hydroxyl groups excluding tert-OH is 1. The lowest BCUT2D eigenvalue weighted by Gasteiger charge is -2.29. The molecule has 3 aliphatic rings. The van der Waals surface area contributed by atoms with E-state index in [2.05, 4.69) is 9.97 Å². The van der Waals surface area contributed by atoms with E-state index in [0.29, 0.717) is 42.3 Å². The second-order valence-corrected chi connectivity index (χ2v) is 13.1. The number of rotatable bonds is 5. The molecule has 2 aromatic carbocycles. The molecule has 0 atom stereocenters. The molecule has 46 heavy (non-hydrogen) atoms. The van der Waals surface area contributed by atoms with E-state index in [0.717, 1.165) is 46.2 Å². The van der Waals surface area contributed by atoms with Crippen LogP contribution in [-0.2, 0) is 11.3 Å². The van der Waals surface area contributed by atoms with Crippen molar-refractivity contribution in [3.8, 4) is 16.9 Å². The largest absolute Gasteiger partial charge is 0.491 e. The highest BCUT2D eigenvalue weighted by Gasteiger charge is 2.33. The van der Waals surface area contributed by atoms with Crippen LogP contribution in [0.15, 0.2) is 54.7 Å². The van der Waals surface area contributed by atoms with E-state index in [1.165, 1.54) is 11.0 Å². The van der Waals surface area contributed by atoms with Crippen molar-refractivity contribution in [1.29, 1.82) is 0 Å². The van der Waals surface area contributed by atoms with Crippen molar-refractivity contribution in [2.75, 3.05) is 31.1 Å². The van der Waals surface area contributed by atoms with Crippen LogP contribution >= 0.6 is 0 Å². The number of carbonyl (C=O) groups is 2. The van der Waals surface area contributed by atoms with Gasteiger partial charge in [0.1, 0.15) is 35.0 Å². The smallest absolute Gasteiger partial charge is 0.410 e. The van der Waals surface area contributed by atoms with Crippen molar-refractivity contribution >= 4 is 34.3 Å². The van der Waals surface area contributed by atoms with Gasteiger partial charge in [-0.2, -0.15) is 0 Å². The number of fused-ring (bicyclic) bond motifs is 2. The van der Waals surface area contributed by atoms with E-state index in [-0.39, 0.29) is 37.2 Å². The Labute approximate surface area is 266 Å². The first-order valence-electron chi connectivity index (χ1n) is 15.8. The summed E-state index contributed by atoms with van der Waals surface area (Å²) in [5.41, 5.74) is 5.52. The highest BCUT2D eigenvalue weighted by atomic mass is 19.1. The predicted octanol–water partition coefficient (Wildman–Crippen LogP) is 6.80. The van der Waals surface area contributed by atoms with Gasteiger partial charge in [-0.1, -0.05) is 18.2 Å². The van der Waals surface area contributed by atoms with Gasteiger partial charge in [-0.25, -0.2) is 14.2 Å². The SMILES string of the molecule is CC(C)(C)OC(=O)N1CC=C(c2cc3c(-c4cccc(N5CCOc6cc(C7CC7)cc(F)c6C5=O)c4CO)ccnc3[nH]2)CC1. The minimum absolute atomic E-state index is 0.0799. The molecular formula is C36H37FN4O5. The van der Waals surface area contributed by atoms with Gasteiger partial charge in [-0.05, 0) is 98.5 Å². The molecule has 0 bridgehead atoms. The maximum absolute atomic E-state index is 15.4. The Morgan fingerprint density at radius 2 is 1.98 bits per heavy atom. The van der Waals surface area contributed by atoms with Crippen molar-refractivity contribution < 1.29 is 28.6 Å². The summed E-state index contributed by atoms with van der Waals surface area (Å²) < 4.78 is 26.8. The van der Waals surface area contributed by atoms with Crippen LogP contribution in [0.25, 0.3) is 27.7 Å². The number of aliphatic hydroxyl groups is 1. The van der Waals surface area contributed by atoms with Crippen LogP contribution in [0, 0.1) is 5.82 Å². The monoisotopic (exact) mass is 624 g/mol. The Morgan fingerprint density at radius 3 is 2.70 bits per heavy atom. The molecule has 238 valence electrons. The highest BCUT2D eigenvalue weighted by Crippen LogP contribution is 2.44. The number of pyridine rings is 1. The van der Waals surface area contributed by atoms with Crippen LogP contribution in [0.3, 0.4) is 0 Å². The highest BCUT2D eigenvalue weighted by molar-refractivity contribution is 6.09. The van der Waals surface area contributed by atoms with E-state index >= 15 is 4.39 Å². The number of nitrogens with one attached hydrogen (secondary N) is 1. The number of amides is 2. The lowest BCUT2D eigenvalue weighted by atomic mass is 9.95. The molecule has 1 aliphatic carbocycles. The van der Waals surface area contributed by atoms with E-state index in [1.54, 1.807) is 23.2 Å². The Kier molecular flexibility index (Phi) is 7.55. The van der Waals surface area contributed by atoms with Gasteiger partial charge in [0.05, 0.1) is 18.8 Å². The fourth-order valence-electron chi connectivity index (χ4n) is 6.38. The normalized spacial score (nSPS) is 17.0. The topological polar surface area (TPSA) is 108 Å². The summed E-state index contributed by atoms with van der Waals surface area (Å²) in [5.74, 6) is -0.478. The molecule has 4 heterocycles. The van der Waals surface area contributed by atoms with Gasteiger partial charge in [0.2, 0.25) is 0 Å². The molecule has 0 radical (unpaired) electrons. The Hall–Kier alpha value is -4.70. The zero-order valence-electron chi connectivity index (χ0n) is 26.2. The van der Waals surface area contributed by atoms with Gasteiger partial charge in [0.15, 0.2) is 0 Å². The van der Waals surface area contributed by atoms with Crippen LogP contribution in [0.5, 0.6) is 5.75 Å². The molecule has 1 fully saturated rings. The molecule has 0 saturated heterocycles. The zero-order chi connectivity index (χ0) is 32.2. The third-order valence-corrected chi connectivity index (χ3v) is 8.79. The molecule has 2 amide bonds. The Morgan fingerprint density at radius 1 is 1.15 bits per heavy atom. The van der Waals surface area contributed by atoms with Gasteiger partial charge in [-0.15, -0.1) is 0 Å². The fourth-order valence-corrected chi connectivity index (χ4v) is 6.38. The minimum Gasteiger partial charge on any atom is -0.491 e. The molecule has 2 aliphatic heterocycles. The molecule has 2 aromatic heterocycles. The molecule has 7 rings (SSSR count). The van der Waals surface area contributed by atoms with Gasteiger partial charge in [-0.3, -0.25) is 4.79 Å². The second-order valence-electron chi connectivity index (χ2n) is 13.1. The maximum atomic E-state index is 15.4. The average Bonchev–Trinajstić information content (AvgIpc) is 3.81. The molecule has 0 spiro atoms. The third-order valence-electron chi connectivity index (χ3n) is 8.79. The molecule has 0 unspecified atom stereocenters. The summed E-state index contributed by atoms with van der Waals surface area (Å²) in [5, 5.41) is 11.6. The molecule has 10 heteroatoms. The number of anilines is 1. The quantitative estimate of drug-likeness (QED) is 0.253. The fraction of sp³-hybridized carbons (Fsp3) is 0.361. The first kappa shape index (κ1) is 30.0. The van der Waals surface area contributed by atoms with Crippen LogP contribution in [0.4, 0.5) is 14.9 Å². The molecule has 2 N–H and O–H groups in total. The number of ether oxygens (including phenoxy) is 2. The summed E-state index contributed by atoms with van der Waals surface area (Å²) in [6, 6.07) is 12.7. The van der Waals surface area contributed by atoms with Crippen molar-refractivity contribution in [2.45, 2.75) is 58.2 Å². The second kappa shape index (κ2) is 11.6. The van der Waals surface area contributed by atoms with E-state index in [1.807, 2.05) is 51.1 Å². The summed E-state index contributed by atoms with van der Waals surface area (Å²) >= 11 is 0. The number of halogens is 1. The first-order chi connectivity index (χ1) is 22.1. The number of benzene rings is 2. The van der Waals surface area contributed by atoms with Gasteiger partial charge < -0.3 is 29.4 Å². The summed E-state index contributed by atoms with van der Waals surface area (Å²) in [7, 11) is 0. The van der Waals surface area contributed by atoms with Crippen LogP contribution in [-0.4, -0.2) is 63.8 Å². The predicted molar refractivity (Wildman–Crippen MR) is 173 cm³/mol. The number of H-pyrrole nitrogens is 1. The zero-order valence-corrected chi connectivity index (χ0v) is 26.2. The van der Waals surface area contributed by atoms with Gasteiger partial charge in [0.25, 0.3) is 5.91 Å². The number of hydrogen-bond acceptors (Lipinski definition) is 6. The molecular weight excluding hydrogens is 587 g/mol. The molecule has 9 nitrogen and oxygen atoms in total. The molecule has 4 aromatic rings. The lowest BCUT2D eigenvalue weighted by Crippen LogP contribution is -2.39. The Bertz CT molecular complexity index is 1890. The van der Waals surface area contributed by atoms with Crippen LogP contribution in [0.1, 0.15) is 73.1 Å². The maximum Gasteiger partial charge on any atom is 0.410 e. The minimum atomic E-state index is -0.583. The number of aromatic nitrogens is 2. The van der Waals surface area contributed by atoms with Gasteiger partial charge in [0, 0.05) is 35.9 Å². The summed E-state index contributed by atoms with van der Waals surface area (Å²) in [4.78, 5) is 37.6. The number of carbonyl (C=O) groups excluding carboxylic acids is 2. The number of nitrogens with zero attached hydrogens (tertiary/aromatic N) is 3. The van der Waals surface area contributed by atoms with Gasteiger partial charge >= 0.3 is 6.09 Å². The third kappa shape index (κ3) is 5.62. The van der Waals surface area contributed by atoms with E-state index < -0.39 is 17.3 Å².